The number of benzene rings is 1. The number of carbonyl (C=O) groups is 1. The average molecular weight is 286 g/mol. The number of nitrogens with zero attached hydrogens (tertiary/aromatic N) is 2. The van der Waals surface area contributed by atoms with Gasteiger partial charge in [0.1, 0.15) is 12.1 Å². The Morgan fingerprint density at radius 2 is 1.90 bits per heavy atom. The van der Waals surface area contributed by atoms with E-state index >= 15 is 0 Å². The lowest BCUT2D eigenvalue weighted by Crippen LogP contribution is -2.36. The molecular weight excluding hydrogens is 264 g/mol. The van der Waals surface area contributed by atoms with Crippen molar-refractivity contribution in [2.45, 2.75) is 32.8 Å². The molecule has 0 spiro atoms. The Balaban J connectivity index is 0.000000774. The SMILES string of the molecule is CC.O=Cc1ccc2nc(N3CCC(O)CC3)ccc2c1. The molecule has 1 aromatic carbocycles. The van der Waals surface area contributed by atoms with E-state index in [0.717, 1.165) is 48.9 Å². The number of hydrogen-bond donors (Lipinski definition) is 1. The largest absolute Gasteiger partial charge is 0.393 e. The highest BCUT2D eigenvalue weighted by Gasteiger charge is 2.18. The van der Waals surface area contributed by atoms with E-state index < -0.39 is 0 Å². The zero-order valence-corrected chi connectivity index (χ0v) is 12.6. The second-order valence-electron chi connectivity index (χ2n) is 4.96. The van der Waals surface area contributed by atoms with Crippen LogP contribution in [0.1, 0.15) is 37.0 Å². The van der Waals surface area contributed by atoms with Crippen molar-refractivity contribution in [2.24, 2.45) is 0 Å². The van der Waals surface area contributed by atoms with Crippen LogP contribution in [-0.4, -0.2) is 35.6 Å². The Morgan fingerprint density at radius 1 is 1.19 bits per heavy atom. The lowest BCUT2D eigenvalue weighted by atomic mass is 10.1. The molecule has 1 fully saturated rings. The molecule has 1 N–H and O–H groups in total. The topological polar surface area (TPSA) is 53.4 Å². The van der Waals surface area contributed by atoms with Crippen molar-refractivity contribution in [3.63, 3.8) is 0 Å². The normalized spacial score (nSPS) is 15.5. The molecule has 0 amide bonds. The second kappa shape index (κ2) is 7.18. The Kier molecular flexibility index (Phi) is 5.28. The molecule has 21 heavy (non-hydrogen) atoms. The molecule has 4 heteroatoms. The summed E-state index contributed by atoms with van der Waals surface area (Å²) in [5, 5.41) is 10.5. The number of pyridine rings is 1. The lowest BCUT2D eigenvalue weighted by molar-refractivity contribution is 0.112. The molecule has 1 aliphatic heterocycles. The molecule has 0 unspecified atom stereocenters. The van der Waals surface area contributed by atoms with Crippen LogP contribution < -0.4 is 4.90 Å². The van der Waals surface area contributed by atoms with Gasteiger partial charge in [-0.15, -0.1) is 0 Å². The van der Waals surface area contributed by atoms with E-state index in [1.165, 1.54) is 0 Å². The van der Waals surface area contributed by atoms with E-state index in [9.17, 15) is 9.90 Å². The van der Waals surface area contributed by atoms with Crippen LogP contribution in [0.15, 0.2) is 30.3 Å². The molecule has 2 heterocycles. The van der Waals surface area contributed by atoms with Gasteiger partial charge in [-0.2, -0.15) is 0 Å². The van der Waals surface area contributed by atoms with Gasteiger partial charge in [-0.25, -0.2) is 4.98 Å². The number of fused-ring (bicyclic) bond motifs is 1. The van der Waals surface area contributed by atoms with Gasteiger partial charge in [0, 0.05) is 24.0 Å². The summed E-state index contributed by atoms with van der Waals surface area (Å²) in [7, 11) is 0. The highest BCUT2D eigenvalue weighted by atomic mass is 16.3. The number of anilines is 1. The third kappa shape index (κ3) is 3.58. The summed E-state index contributed by atoms with van der Waals surface area (Å²) in [4.78, 5) is 17.6. The molecule has 3 rings (SSSR count). The maximum Gasteiger partial charge on any atom is 0.150 e. The molecule has 4 nitrogen and oxygen atoms in total. The summed E-state index contributed by atoms with van der Waals surface area (Å²) < 4.78 is 0. The Labute approximate surface area is 125 Å². The summed E-state index contributed by atoms with van der Waals surface area (Å²) in [6.07, 6.45) is 2.26. The highest BCUT2D eigenvalue weighted by Crippen LogP contribution is 2.22. The summed E-state index contributed by atoms with van der Waals surface area (Å²) in [6.45, 7) is 5.68. The van der Waals surface area contributed by atoms with Gasteiger partial charge in [0.2, 0.25) is 0 Å². The van der Waals surface area contributed by atoms with E-state index in [1.54, 1.807) is 6.07 Å². The lowest BCUT2D eigenvalue weighted by Gasteiger charge is -2.30. The average Bonchev–Trinajstić information content (AvgIpc) is 2.56. The standard InChI is InChI=1S/C15H16N2O2.C2H6/c18-10-11-1-3-14-12(9-11)2-4-15(16-14)17-7-5-13(19)6-8-17;1-2/h1-4,9-10,13,19H,5-8H2;1-2H3. The number of aliphatic hydroxyl groups is 1. The van der Waals surface area contributed by atoms with Crippen LogP contribution in [-0.2, 0) is 0 Å². The molecule has 2 aromatic rings. The molecular formula is C17H22N2O2. The number of aldehydes is 1. The molecule has 1 saturated heterocycles. The molecule has 1 aromatic heterocycles. The first kappa shape index (κ1) is 15.4. The third-order valence-electron chi connectivity index (χ3n) is 3.62. The molecule has 0 bridgehead atoms. The van der Waals surface area contributed by atoms with Gasteiger partial charge in [0.15, 0.2) is 0 Å². The minimum atomic E-state index is -0.174. The van der Waals surface area contributed by atoms with Crippen LogP contribution in [0.3, 0.4) is 0 Å². The van der Waals surface area contributed by atoms with Crippen molar-refractivity contribution in [2.75, 3.05) is 18.0 Å². The van der Waals surface area contributed by atoms with E-state index in [-0.39, 0.29) is 6.10 Å². The molecule has 0 saturated carbocycles. The van der Waals surface area contributed by atoms with Crippen molar-refractivity contribution in [3.8, 4) is 0 Å². The third-order valence-corrected chi connectivity index (χ3v) is 3.62. The fraction of sp³-hybridized carbons (Fsp3) is 0.412. The van der Waals surface area contributed by atoms with Crippen molar-refractivity contribution in [3.05, 3.63) is 35.9 Å². The number of carbonyl (C=O) groups excluding carboxylic acids is 1. The van der Waals surface area contributed by atoms with Crippen LogP contribution in [0.25, 0.3) is 10.9 Å². The number of hydrogen-bond acceptors (Lipinski definition) is 4. The molecule has 112 valence electrons. The zero-order valence-electron chi connectivity index (χ0n) is 12.6. The maximum absolute atomic E-state index is 10.7. The van der Waals surface area contributed by atoms with Crippen molar-refractivity contribution < 1.29 is 9.90 Å². The molecule has 0 aliphatic carbocycles. The van der Waals surface area contributed by atoms with Crippen molar-refractivity contribution >= 4 is 23.0 Å². The van der Waals surface area contributed by atoms with Crippen LogP contribution in [0.4, 0.5) is 5.82 Å². The van der Waals surface area contributed by atoms with E-state index in [4.69, 9.17) is 0 Å². The van der Waals surface area contributed by atoms with Gasteiger partial charge in [-0.3, -0.25) is 4.79 Å². The van der Waals surface area contributed by atoms with Crippen molar-refractivity contribution in [1.82, 2.24) is 4.98 Å². The van der Waals surface area contributed by atoms with E-state index in [0.29, 0.717) is 5.56 Å². The molecule has 0 radical (unpaired) electrons. The minimum absolute atomic E-state index is 0.174. The predicted octanol–water partition coefficient (Wildman–Crippen LogP) is 3.03. The van der Waals surface area contributed by atoms with E-state index in [1.807, 2.05) is 38.1 Å². The van der Waals surface area contributed by atoms with Crippen molar-refractivity contribution in [1.29, 1.82) is 0 Å². The van der Waals surface area contributed by atoms with Gasteiger partial charge in [-0.05, 0) is 43.2 Å². The first-order chi connectivity index (χ1) is 10.3. The van der Waals surface area contributed by atoms with Gasteiger partial charge in [-0.1, -0.05) is 13.8 Å². The summed E-state index contributed by atoms with van der Waals surface area (Å²) >= 11 is 0. The monoisotopic (exact) mass is 286 g/mol. The zero-order chi connectivity index (χ0) is 15.2. The summed E-state index contributed by atoms with van der Waals surface area (Å²) in [6, 6.07) is 9.48. The first-order valence-electron chi connectivity index (χ1n) is 7.55. The summed E-state index contributed by atoms with van der Waals surface area (Å²) in [5.74, 6) is 0.943. The number of rotatable bonds is 2. The Morgan fingerprint density at radius 3 is 2.57 bits per heavy atom. The van der Waals surface area contributed by atoms with Gasteiger partial charge in [0.25, 0.3) is 0 Å². The van der Waals surface area contributed by atoms with Gasteiger partial charge >= 0.3 is 0 Å². The van der Waals surface area contributed by atoms with Gasteiger partial charge < -0.3 is 10.0 Å². The van der Waals surface area contributed by atoms with Crippen LogP contribution in [0.5, 0.6) is 0 Å². The van der Waals surface area contributed by atoms with Gasteiger partial charge in [0.05, 0.1) is 11.6 Å². The Bertz CT molecular complexity index is 605. The number of aromatic nitrogens is 1. The van der Waals surface area contributed by atoms with Crippen LogP contribution in [0.2, 0.25) is 0 Å². The second-order valence-corrected chi connectivity index (χ2v) is 4.96. The highest BCUT2D eigenvalue weighted by molar-refractivity contribution is 5.87. The number of aliphatic hydroxyl groups excluding tert-OH is 1. The van der Waals surface area contributed by atoms with E-state index in [2.05, 4.69) is 9.88 Å². The smallest absolute Gasteiger partial charge is 0.150 e. The fourth-order valence-electron chi connectivity index (χ4n) is 2.48. The Hall–Kier alpha value is -1.94. The predicted molar refractivity (Wildman–Crippen MR) is 85.9 cm³/mol. The van der Waals surface area contributed by atoms with Crippen LogP contribution in [0, 0.1) is 0 Å². The summed E-state index contributed by atoms with van der Waals surface area (Å²) in [5.41, 5.74) is 1.57. The number of piperidine rings is 1. The molecule has 1 aliphatic rings. The molecule has 0 atom stereocenters. The quantitative estimate of drug-likeness (QED) is 0.862. The minimum Gasteiger partial charge on any atom is -0.393 e. The van der Waals surface area contributed by atoms with Crippen LogP contribution >= 0.6 is 0 Å². The fourth-order valence-corrected chi connectivity index (χ4v) is 2.48. The first-order valence-corrected chi connectivity index (χ1v) is 7.55. The maximum atomic E-state index is 10.7.